The fraction of sp³-hybridized carbons (Fsp3) is 0.190. The second-order valence-electron chi connectivity index (χ2n) is 6.72. The van der Waals surface area contributed by atoms with Crippen molar-refractivity contribution in [3.05, 3.63) is 70.6 Å². The van der Waals surface area contributed by atoms with Crippen LogP contribution in [0.3, 0.4) is 0 Å². The number of carbonyl (C=O) groups excluding carboxylic acids is 3. The number of benzene rings is 2. The van der Waals surface area contributed by atoms with Crippen LogP contribution in [0.5, 0.6) is 0 Å². The standard InChI is InChI=1S/C21H17ClFN3O4/c22-17-18(21(29)26(20(17)28)16-7-3-14(23)4-8-16)24-15-5-1-13(2-6-15)19(27)25-9-11-30-12-10-25/h1-8,24H,9-12H2. The highest BCUT2D eigenvalue weighted by Gasteiger charge is 2.39. The van der Waals surface area contributed by atoms with E-state index in [2.05, 4.69) is 5.32 Å². The lowest BCUT2D eigenvalue weighted by atomic mass is 10.1. The van der Waals surface area contributed by atoms with Crippen molar-refractivity contribution in [3.63, 3.8) is 0 Å². The second kappa shape index (κ2) is 8.25. The summed E-state index contributed by atoms with van der Waals surface area (Å²) in [4.78, 5) is 40.3. The molecule has 7 nitrogen and oxygen atoms in total. The first-order valence-corrected chi connectivity index (χ1v) is 9.62. The number of hydrogen-bond donors (Lipinski definition) is 1. The van der Waals surface area contributed by atoms with Crippen LogP contribution >= 0.6 is 11.6 Å². The van der Waals surface area contributed by atoms with Crippen molar-refractivity contribution in [1.82, 2.24) is 4.90 Å². The van der Waals surface area contributed by atoms with E-state index < -0.39 is 17.6 Å². The normalized spacial score (nSPS) is 17.0. The first-order valence-electron chi connectivity index (χ1n) is 9.24. The second-order valence-corrected chi connectivity index (χ2v) is 7.10. The Bertz CT molecular complexity index is 1030. The fourth-order valence-electron chi connectivity index (χ4n) is 3.23. The first-order chi connectivity index (χ1) is 14.5. The number of nitrogens with zero attached hydrogens (tertiary/aromatic N) is 2. The number of halogens is 2. The average molecular weight is 430 g/mol. The van der Waals surface area contributed by atoms with Gasteiger partial charge in [-0.1, -0.05) is 11.6 Å². The number of hydrogen-bond acceptors (Lipinski definition) is 5. The molecule has 1 N–H and O–H groups in total. The highest BCUT2D eigenvalue weighted by molar-refractivity contribution is 6.53. The smallest absolute Gasteiger partial charge is 0.283 e. The summed E-state index contributed by atoms with van der Waals surface area (Å²) in [6.07, 6.45) is 0. The van der Waals surface area contributed by atoms with E-state index in [-0.39, 0.29) is 22.3 Å². The third-order valence-electron chi connectivity index (χ3n) is 4.81. The van der Waals surface area contributed by atoms with Crippen LogP contribution in [0.15, 0.2) is 59.3 Å². The number of amides is 3. The van der Waals surface area contributed by atoms with Gasteiger partial charge < -0.3 is 15.0 Å². The van der Waals surface area contributed by atoms with Gasteiger partial charge in [0.1, 0.15) is 16.5 Å². The summed E-state index contributed by atoms with van der Waals surface area (Å²) >= 11 is 6.09. The summed E-state index contributed by atoms with van der Waals surface area (Å²) in [5, 5.41) is 2.58. The summed E-state index contributed by atoms with van der Waals surface area (Å²) in [6, 6.07) is 11.5. The number of ether oxygens (including phenoxy) is 1. The lowest BCUT2D eigenvalue weighted by Crippen LogP contribution is -2.40. The van der Waals surface area contributed by atoms with Gasteiger partial charge in [0.25, 0.3) is 17.7 Å². The highest BCUT2D eigenvalue weighted by atomic mass is 35.5. The molecule has 0 radical (unpaired) electrons. The van der Waals surface area contributed by atoms with E-state index in [1.54, 1.807) is 29.2 Å². The first kappa shape index (κ1) is 20.1. The van der Waals surface area contributed by atoms with E-state index in [0.29, 0.717) is 37.6 Å². The van der Waals surface area contributed by atoms with E-state index in [9.17, 15) is 18.8 Å². The molecule has 2 aliphatic heterocycles. The van der Waals surface area contributed by atoms with E-state index in [4.69, 9.17) is 16.3 Å². The zero-order chi connectivity index (χ0) is 21.3. The Kier molecular flexibility index (Phi) is 5.52. The molecule has 0 saturated carbocycles. The maximum Gasteiger partial charge on any atom is 0.283 e. The molecule has 2 aromatic carbocycles. The Morgan fingerprint density at radius 3 is 2.23 bits per heavy atom. The van der Waals surface area contributed by atoms with Gasteiger partial charge in [-0.3, -0.25) is 14.4 Å². The molecule has 1 saturated heterocycles. The van der Waals surface area contributed by atoms with Crippen LogP contribution in [-0.2, 0) is 14.3 Å². The molecule has 0 bridgehead atoms. The summed E-state index contributed by atoms with van der Waals surface area (Å²) in [6.45, 7) is 2.10. The van der Waals surface area contributed by atoms with E-state index in [0.717, 1.165) is 17.0 Å². The van der Waals surface area contributed by atoms with Crippen LogP contribution in [0.4, 0.5) is 15.8 Å². The molecule has 0 aromatic heterocycles. The van der Waals surface area contributed by atoms with Gasteiger partial charge in [0, 0.05) is 24.3 Å². The Hall–Kier alpha value is -3.23. The minimum absolute atomic E-state index is 0.0850. The van der Waals surface area contributed by atoms with Crippen LogP contribution in [0, 0.1) is 5.82 Å². The molecule has 0 aliphatic carbocycles. The van der Waals surface area contributed by atoms with Crippen molar-refractivity contribution in [1.29, 1.82) is 0 Å². The fourth-order valence-corrected chi connectivity index (χ4v) is 3.44. The minimum atomic E-state index is -0.699. The number of rotatable bonds is 4. The lowest BCUT2D eigenvalue weighted by molar-refractivity contribution is -0.120. The quantitative estimate of drug-likeness (QED) is 0.756. The van der Waals surface area contributed by atoms with Crippen molar-refractivity contribution in [2.45, 2.75) is 0 Å². The molecule has 0 unspecified atom stereocenters. The molecule has 1 fully saturated rings. The molecular weight excluding hydrogens is 413 g/mol. The Labute approximate surface area is 176 Å². The van der Waals surface area contributed by atoms with Gasteiger partial charge in [0.15, 0.2) is 0 Å². The largest absolute Gasteiger partial charge is 0.378 e. The van der Waals surface area contributed by atoms with Crippen LogP contribution in [0.25, 0.3) is 0 Å². The third kappa shape index (κ3) is 3.79. The van der Waals surface area contributed by atoms with Gasteiger partial charge in [-0.05, 0) is 48.5 Å². The number of anilines is 2. The van der Waals surface area contributed by atoms with Crippen molar-refractivity contribution in [3.8, 4) is 0 Å². The molecule has 9 heteroatoms. The van der Waals surface area contributed by atoms with Crippen molar-refractivity contribution in [2.24, 2.45) is 0 Å². The number of morpholine rings is 1. The number of imide groups is 1. The third-order valence-corrected chi connectivity index (χ3v) is 5.16. The maximum absolute atomic E-state index is 13.1. The van der Waals surface area contributed by atoms with Crippen molar-refractivity contribution in [2.75, 3.05) is 36.5 Å². The maximum atomic E-state index is 13.1. The molecule has 0 spiro atoms. The lowest BCUT2D eigenvalue weighted by Gasteiger charge is -2.26. The van der Waals surface area contributed by atoms with Gasteiger partial charge in [-0.15, -0.1) is 0 Å². The molecule has 2 aliphatic rings. The summed E-state index contributed by atoms with van der Waals surface area (Å²) < 4.78 is 18.4. The number of carbonyl (C=O) groups is 3. The highest BCUT2D eigenvalue weighted by Crippen LogP contribution is 2.30. The van der Waals surface area contributed by atoms with Crippen LogP contribution < -0.4 is 10.2 Å². The Morgan fingerprint density at radius 2 is 1.60 bits per heavy atom. The molecule has 2 aromatic rings. The van der Waals surface area contributed by atoms with Gasteiger partial charge in [0.2, 0.25) is 0 Å². The molecule has 30 heavy (non-hydrogen) atoms. The van der Waals surface area contributed by atoms with Gasteiger partial charge >= 0.3 is 0 Å². The van der Waals surface area contributed by atoms with E-state index >= 15 is 0 Å². The zero-order valence-electron chi connectivity index (χ0n) is 15.7. The van der Waals surface area contributed by atoms with Crippen molar-refractivity contribution >= 4 is 40.7 Å². The molecule has 154 valence electrons. The number of nitrogens with one attached hydrogen (secondary N) is 1. The summed E-state index contributed by atoms with van der Waals surface area (Å²) in [5.74, 6) is -1.93. The van der Waals surface area contributed by atoms with E-state index in [1.807, 2.05) is 0 Å². The summed E-state index contributed by atoms with van der Waals surface area (Å²) in [7, 11) is 0. The Balaban J connectivity index is 1.49. The molecule has 4 rings (SSSR count). The van der Waals surface area contributed by atoms with Crippen LogP contribution in [0.1, 0.15) is 10.4 Å². The predicted molar refractivity (Wildman–Crippen MR) is 109 cm³/mol. The summed E-state index contributed by atoms with van der Waals surface area (Å²) in [5.41, 5.74) is 1.12. The van der Waals surface area contributed by atoms with Gasteiger partial charge in [0.05, 0.1) is 18.9 Å². The monoisotopic (exact) mass is 429 g/mol. The molecule has 2 heterocycles. The molecule has 3 amide bonds. The minimum Gasteiger partial charge on any atom is -0.378 e. The van der Waals surface area contributed by atoms with Crippen molar-refractivity contribution < 1.29 is 23.5 Å². The van der Waals surface area contributed by atoms with E-state index in [1.165, 1.54) is 12.1 Å². The molecule has 0 atom stereocenters. The van der Waals surface area contributed by atoms with Crippen LogP contribution in [0.2, 0.25) is 0 Å². The van der Waals surface area contributed by atoms with Gasteiger partial charge in [-0.2, -0.15) is 0 Å². The predicted octanol–water partition coefficient (Wildman–Crippen LogP) is 2.73. The Morgan fingerprint density at radius 1 is 0.967 bits per heavy atom. The topological polar surface area (TPSA) is 79.0 Å². The van der Waals surface area contributed by atoms with Crippen LogP contribution in [-0.4, -0.2) is 48.9 Å². The average Bonchev–Trinajstić information content (AvgIpc) is 2.98. The molecular formula is C21H17ClFN3O4. The van der Waals surface area contributed by atoms with Gasteiger partial charge in [-0.25, -0.2) is 9.29 Å². The zero-order valence-corrected chi connectivity index (χ0v) is 16.5. The SMILES string of the molecule is O=C(c1ccc(NC2=C(Cl)C(=O)N(c3ccc(F)cc3)C2=O)cc1)N1CCOCC1.